The molecule has 138 valence electrons. The number of pyridine rings is 1. The van der Waals surface area contributed by atoms with Crippen molar-refractivity contribution in [2.24, 2.45) is 7.05 Å². The predicted molar refractivity (Wildman–Crippen MR) is 98.7 cm³/mol. The van der Waals surface area contributed by atoms with Crippen molar-refractivity contribution >= 4 is 22.7 Å². The van der Waals surface area contributed by atoms with Crippen LogP contribution in [0.4, 0.5) is 5.69 Å². The third-order valence-corrected chi connectivity index (χ3v) is 5.55. The highest BCUT2D eigenvalue weighted by Gasteiger charge is 2.37. The van der Waals surface area contributed by atoms with Crippen molar-refractivity contribution in [1.82, 2.24) is 14.8 Å². The highest BCUT2D eigenvalue weighted by atomic mass is 16.5. The first kappa shape index (κ1) is 17.0. The van der Waals surface area contributed by atoms with Gasteiger partial charge in [-0.05, 0) is 33.1 Å². The van der Waals surface area contributed by atoms with Crippen LogP contribution in [0.15, 0.2) is 17.8 Å². The minimum absolute atomic E-state index is 0.196. The molecule has 0 bridgehead atoms. The lowest BCUT2D eigenvalue weighted by Gasteiger charge is -2.43. The summed E-state index contributed by atoms with van der Waals surface area (Å²) < 4.78 is 7.82. The second kappa shape index (κ2) is 6.09. The number of carbonyl (C=O) groups is 1. The Morgan fingerprint density at radius 1 is 1.31 bits per heavy atom. The molecule has 1 fully saturated rings. The quantitative estimate of drug-likeness (QED) is 0.834. The lowest BCUT2D eigenvalue weighted by atomic mass is 9.86. The van der Waals surface area contributed by atoms with Crippen molar-refractivity contribution in [1.29, 1.82) is 0 Å². The lowest BCUT2D eigenvalue weighted by molar-refractivity contribution is -0.0325. The molecule has 26 heavy (non-hydrogen) atoms. The number of anilines is 1. The third-order valence-electron chi connectivity index (χ3n) is 5.55. The Labute approximate surface area is 152 Å². The lowest BCUT2D eigenvalue weighted by Crippen LogP contribution is -2.47. The Morgan fingerprint density at radius 3 is 2.69 bits per heavy atom. The van der Waals surface area contributed by atoms with E-state index in [1.165, 1.54) is 11.8 Å². The number of rotatable bonds is 2. The van der Waals surface area contributed by atoms with Gasteiger partial charge in [0.2, 0.25) is 0 Å². The van der Waals surface area contributed by atoms with E-state index in [0.29, 0.717) is 5.65 Å². The molecule has 0 unspecified atom stereocenters. The van der Waals surface area contributed by atoms with Gasteiger partial charge in [-0.25, -0.2) is 9.78 Å². The number of hydrogen-bond acceptors (Lipinski definition) is 5. The summed E-state index contributed by atoms with van der Waals surface area (Å²) in [5, 5.41) is 15.0. The summed E-state index contributed by atoms with van der Waals surface area (Å²) in [6.45, 7) is 6.32. The van der Waals surface area contributed by atoms with E-state index >= 15 is 0 Å². The summed E-state index contributed by atoms with van der Waals surface area (Å²) in [4.78, 5) is 18.3. The molecule has 0 aromatic carbocycles. The number of aromatic carboxylic acids is 1. The zero-order valence-corrected chi connectivity index (χ0v) is 15.4. The van der Waals surface area contributed by atoms with Crippen LogP contribution in [0.5, 0.6) is 0 Å². The molecule has 0 atom stereocenters. The van der Waals surface area contributed by atoms with E-state index in [1.807, 2.05) is 14.0 Å². The van der Waals surface area contributed by atoms with E-state index in [-0.39, 0.29) is 11.2 Å². The van der Waals surface area contributed by atoms with Crippen LogP contribution in [-0.2, 0) is 11.8 Å². The zero-order chi connectivity index (χ0) is 18.5. The van der Waals surface area contributed by atoms with Crippen LogP contribution in [0, 0.1) is 6.92 Å². The zero-order valence-electron chi connectivity index (χ0n) is 15.4. The number of hydrogen-bond donors (Lipinski definition) is 1. The average molecular weight is 356 g/mol. The molecule has 0 amide bonds. The Bertz CT molecular complexity index is 907. The molecular weight excluding hydrogens is 332 g/mol. The van der Waals surface area contributed by atoms with Gasteiger partial charge in [-0.3, -0.25) is 4.68 Å². The molecule has 1 saturated heterocycles. The number of piperidine rings is 1. The summed E-state index contributed by atoms with van der Waals surface area (Å²) >= 11 is 0. The van der Waals surface area contributed by atoms with Crippen molar-refractivity contribution in [2.45, 2.75) is 38.7 Å². The molecule has 0 radical (unpaired) electrons. The van der Waals surface area contributed by atoms with E-state index in [4.69, 9.17) is 4.74 Å². The molecule has 7 nitrogen and oxygen atoms in total. The maximum atomic E-state index is 11.8. The van der Waals surface area contributed by atoms with Gasteiger partial charge < -0.3 is 14.7 Å². The topological polar surface area (TPSA) is 80.5 Å². The summed E-state index contributed by atoms with van der Waals surface area (Å²) in [7, 11) is 1.83. The van der Waals surface area contributed by atoms with Gasteiger partial charge in [-0.1, -0.05) is 11.6 Å². The molecule has 0 aliphatic carbocycles. The van der Waals surface area contributed by atoms with Gasteiger partial charge in [0.05, 0.1) is 29.0 Å². The SMILES string of the molecule is CC1=CC2(CCN(c3c(C(=O)O)cnc4c3c(C)nn4C)CC2)OCC1. The number of carboxylic acid groups (broad SMARTS) is 1. The number of fused-ring (bicyclic) bond motifs is 1. The molecule has 2 aliphatic rings. The van der Waals surface area contributed by atoms with Gasteiger partial charge in [-0.15, -0.1) is 0 Å². The highest BCUT2D eigenvalue weighted by molar-refractivity contribution is 6.04. The van der Waals surface area contributed by atoms with Gasteiger partial charge in [0.1, 0.15) is 5.56 Å². The Kier molecular flexibility index (Phi) is 3.99. The first-order valence-electron chi connectivity index (χ1n) is 9.03. The normalized spacial score (nSPS) is 19.8. The largest absolute Gasteiger partial charge is 0.478 e. The number of ether oxygens (including phenoxy) is 1. The molecule has 2 aromatic heterocycles. The summed E-state index contributed by atoms with van der Waals surface area (Å²) in [5.74, 6) is -0.956. The molecule has 2 aliphatic heterocycles. The second-order valence-corrected chi connectivity index (χ2v) is 7.37. The molecule has 2 aromatic rings. The third kappa shape index (κ3) is 2.67. The minimum Gasteiger partial charge on any atom is -0.478 e. The number of nitrogens with zero attached hydrogens (tertiary/aromatic N) is 4. The fraction of sp³-hybridized carbons (Fsp3) is 0.526. The van der Waals surface area contributed by atoms with Crippen LogP contribution >= 0.6 is 0 Å². The fourth-order valence-corrected chi connectivity index (χ4v) is 4.25. The van der Waals surface area contributed by atoms with E-state index in [2.05, 4.69) is 28.0 Å². The Morgan fingerprint density at radius 2 is 2.04 bits per heavy atom. The molecular formula is C19H24N4O3. The van der Waals surface area contributed by atoms with Crippen LogP contribution < -0.4 is 4.90 Å². The second-order valence-electron chi connectivity index (χ2n) is 7.37. The molecule has 4 heterocycles. The summed E-state index contributed by atoms with van der Waals surface area (Å²) in [6, 6.07) is 0. The van der Waals surface area contributed by atoms with Gasteiger partial charge in [0.15, 0.2) is 5.65 Å². The molecule has 1 N–H and O–H groups in total. The van der Waals surface area contributed by atoms with E-state index in [0.717, 1.165) is 55.7 Å². The minimum atomic E-state index is -0.956. The van der Waals surface area contributed by atoms with Gasteiger partial charge in [0.25, 0.3) is 0 Å². The monoisotopic (exact) mass is 356 g/mol. The van der Waals surface area contributed by atoms with Gasteiger partial charge in [-0.2, -0.15) is 5.10 Å². The molecule has 4 rings (SSSR count). The van der Waals surface area contributed by atoms with Crippen LogP contribution in [0.2, 0.25) is 0 Å². The number of aromatic nitrogens is 3. The number of carboxylic acids is 1. The predicted octanol–water partition coefficient (Wildman–Crippen LogP) is 2.68. The first-order valence-corrected chi connectivity index (χ1v) is 9.03. The fourth-order valence-electron chi connectivity index (χ4n) is 4.25. The van der Waals surface area contributed by atoms with Crippen molar-refractivity contribution in [3.8, 4) is 0 Å². The average Bonchev–Trinajstić information content (AvgIpc) is 2.89. The van der Waals surface area contributed by atoms with Crippen molar-refractivity contribution in [3.63, 3.8) is 0 Å². The summed E-state index contributed by atoms with van der Waals surface area (Å²) in [5.41, 5.74) is 3.68. The molecule has 7 heteroatoms. The highest BCUT2D eigenvalue weighted by Crippen LogP contribution is 2.38. The first-order chi connectivity index (χ1) is 12.4. The number of aryl methyl sites for hydroxylation is 2. The Balaban J connectivity index is 1.74. The van der Waals surface area contributed by atoms with E-state index in [9.17, 15) is 9.90 Å². The molecule has 1 spiro atoms. The van der Waals surface area contributed by atoms with Crippen LogP contribution in [-0.4, -0.2) is 51.1 Å². The maximum Gasteiger partial charge on any atom is 0.339 e. The Hall–Kier alpha value is -2.41. The van der Waals surface area contributed by atoms with Crippen molar-refractivity contribution < 1.29 is 14.6 Å². The van der Waals surface area contributed by atoms with Crippen LogP contribution in [0.25, 0.3) is 11.0 Å². The van der Waals surface area contributed by atoms with Crippen molar-refractivity contribution in [3.05, 3.63) is 29.1 Å². The summed E-state index contributed by atoms with van der Waals surface area (Å²) in [6.07, 6.45) is 6.42. The van der Waals surface area contributed by atoms with Gasteiger partial charge in [0, 0.05) is 26.3 Å². The van der Waals surface area contributed by atoms with Crippen LogP contribution in [0.3, 0.4) is 0 Å². The smallest absolute Gasteiger partial charge is 0.339 e. The van der Waals surface area contributed by atoms with E-state index < -0.39 is 5.97 Å². The molecule has 0 saturated carbocycles. The standard InChI is InChI=1S/C19H24N4O3/c1-12-4-9-26-19(10-12)5-7-23(8-6-19)16-14(18(24)25)11-20-17-15(16)13(2)21-22(17)3/h10-11H,4-9H2,1-3H3,(H,24,25). The maximum absolute atomic E-state index is 11.8. The van der Waals surface area contributed by atoms with E-state index in [1.54, 1.807) is 4.68 Å². The van der Waals surface area contributed by atoms with Gasteiger partial charge >= 0.3 is 5.97 Å². The van der Waals surface area contributed by atoms with Crippen LogP contribution in [0.1, 0.15) is 42.2 Å². The van der Waals surface area contributed by atoms with Crippen molar-refractivity contribution in [2.75, 3.05) is 24.6 Å².